The largest absolute Gasteiger partial charge is 0.347 e. The molecule has 102 valence electrons. The molecule has 2 rings (SSSR count). The second-order valence-corrected chi connectivity index (χ2v) is 5.26. The normalized spacial score (nSPS) is 12.3. The number of amides is 1. The minimum Gasteiger partial charge on any atom is -0.347 e. The first-order valence-electron chi connectivity index (χ1n) is 6.27. The Morgan fingerprint density at radius 3 is 3.05 bits per heavy atom. The highest BCUT2D eigenvalue weighted by atomic mass is 32.1. The summed E-state index contributed by atoms with van der Waals surface area (Å²) in [5, 5.41) is 8.27. The number of anilines is 1. The lowest BCUT2D eigenvalue weighted by atomic mass is 10.2. The predicted octanol–water partition coefficient (Wildman–Crippen LogP) is 2.67. The molecule has 0 aliphatic carbocycles. The minimum absolute atomic E-state index is 0.0438. The van der Waals surface area contributed by atoms with Crippen molar-refractivity contribution in [3.05, 3.63) is 34.5 Å². The number of H-pyrrole nitrogens is 1. The molecule has 6 heteroatoms. The van der Waals surface area contributed by atoms with Gasteiger partial charge < -0.3 is 15.6 Å². The van der Waals surface area contributed by atoms with E-state index < -0.39 is 0 Å². The van der Waals surface area contributed by atoms with E-state index in [0.717, 1.165) is 22.8 Å². The van der Waals surface area contributed by atoms with Crippen LogP contribution in [0.2, 0.25) is 0 Å². The highest BCUT2D eigenvalue weighted by molar-refractivity contribution is 7.10. The maximum absolute atomic E-state index is 11.1. The Labute approximate surface area is 116 Å². The highest BCUT2D eigenvalue weighted by Crippen LogP contribution is 2.23. The molecule has 0 aromatic carbocycles. The summed E-state index contributed by atoms with van der Waals surface area (Å²) >= 11 is 1.63. The Morgan fingerprint density at radius 1 is 1.58 bits per heavy atom. The van der Waals surface area contributed by atoms with E-state index in [4.69, 9.17) is 0 Å². The summed E-state index contributed by atoms with van der Waals surface area (Å²) < 4.78 is 0. The topological polar surface area (TPSA) is 69.8 Å². The molecule has 1 atom stereocenters. The zero-order valence-electron chi connectivity index (χ0n) is 11.1. The molecule has 0 fully saturated rings. The van der Waals surface area contributed by atoms with Gasteiger partial charge in [0.2, 0.25) is 5.91 Å². The lowest BCUT2D eigenvalue weighted by molar-refractivity contribution is -0.114. The number of aromatic nitrogens is 2. The smallest absolute Gasteiger partial charge is 0.221 e. The molecule has 3 N–H and O–H groups in total. The van der Waals surface area contributed by atoms with Crippen molar-refractivity contribution >= 4 is 22.9 Å². The third-order valence-electron chi connectivity index (χ3n) is 2.82. The zero-order chi connectivity index (χ0) is 13.7. The number of nitrogens with zero attached hydrogens (tertiary/aromatic N) is 1. The Morgan fingerprint density at radius 2 is 2.42 bits per heavy atom. The summed E-state index contributed by atoms with van der Waals surface area (Å²) in [5.41, 5.74) is 0.888. The van der Waals surface area contributed by atoms with E-state index in [-0.39, 0.29) is 11.9 Å². The second-order valence-electron chi connectivity index (χ2n) is 4.25. The van der Waals surface area contributed by atoms with Crippen LogP contribution in [-0.2, 0) is 11.3 Å². The number of carbonyl (C=O) groups is 1. The van der Waals surface area contributed by atoms with E-state index in [1.165, 1.54) is 6.92 Å². The fraction of sp³-hybridized carbons (Fsp3) is 0.385. The summed E-state index contributed by atoms with van der Waals surface area (Å²) in [5.74, 6) is 0.901. The number of imidazole rings is 1. The molecule has 0 spiro atoms. The number of hydrogen-bond donors (Lipinski definition) is 3. The summed E-state index contributed by atoms with van der Waals surface area (Å²) in [6.07, 6.45) is 4.54. The average Bonchev–Trinajstić information content (AvgIpc) is 3.01. The molecule has 0 radical (unpaired) electrons. The van der Waals surface area contributed by atoms with E-state index in [1.807, 2.05) is 17.6 Å². The molecule has 0 aliphatic rings. The molecule has 0 aliphatic heterocycles. The Kier molecular flexibility index (Phi) is 4.70. The predicted molar refractivity (Wildman–Crippen MR) is 77.1 cm³/mol. The maximum Gasteiger partial charge on any atom is 0.221 e. The standard InChI is InChI=1S/C13H18N4OS/c1-3-10(13-14-5-6-15-13)16-8-12-11(4-7-19-12)17-9(2)18/h4-7,10,16H,3,8H2,1-2H3,(H,14,15)(H,17,18). The lowest BCUT2D eigenvalue weighted by Gasteiger charge is -2.14. The van der Waals surface area contributed by atoms with Gasteiger partial charge in [0.1, 0.15) is 5.82 Å². The highest BCUT2D eigenvalue weighted by Gasteiger charge is 2.12. The zero-order valence-corrected chi connectivity index (χ0v) is 11.9. The fourth-order valence-electron chi connectivity index (χ4n) is 1.90. The van der Waals surface area contributed by atoms with Crippen LogP contribution in [0.15, 0.2) is 23.8 Å². The van der Waals surface area contributed by atoms with Gasteiger partial charge in [0.15, 0.2) is 0 Å². The molecule has 19 heavy (non-hydrogen) atoms. The van der Waals surface area contributed by atoms with E-state index in [2.05, 4.69) is 27.5 Å². The van der Waals surface area contributed by atoms with Gasteiger partial charge in [-0.25, -0.2) is 4.98 Å². The Balaban J connectivity index is 1.98. The quantitative estimate of drug-likeness (QED) is 0.761. The van der Waals surface area contributed by atoms with Gasteiger partial charge in [-0.3, -0.25) is 4.79 Å². The van der Waals surface area contributed by atoms with Gasteiger partial charge in [-0.1, -0.05) is 6.92 Å². The van der Waals surface area contributed by atoms with E-state index in [1.54, 1.807) is 17.5 Å². The monoisotopic (exact) mass is 278 g/mol. The minimum atomic E-state index is -0.0438. The third-order valence-corrected chi connectivity index (χ3v) is 3.74. The van der Waals surface area contributed by atoms with Gasteiger partial charge in [-0.2, -0.15) is 0 Å². The van der Waals surface area contributed by atoms with Crippen LogP contribution in [0, 0.1) is 0 Å². The molecule has 0 saturated heterocycles. The van der Waals surface area contributed by atoms with Gasteiger partial charge in [-0.15, -0.1) is 11.3 Å². The summed E-state index contributed by atoms with van der Waals surface area (Å²) in [7, 11) is 0. The molecule has 2 aromatic rings. The molecule has 0 saturated carbocycles. The fourth-order valence-corrected chi connectivity index (χ4v) is 2.68. The van der Waals surface area contributed by atoms with Crippen LogP contribution < -0.4 is 10.6 Å². The van der Waals surface area contributed by atoms with E-state index in [0.29, 0.717) is 6.54 Å². The SMILES string of the molecule is CCC(NCc1sccc1NC(C)=O)c1ncc[nH]1. The molecule has 1 unspecified atom stereocenters. The number of carbonyl (C=O) groups excluding carboxylic acids is 1. The summed E-state index contributed by atoms with van der Waals surface area (Å²) in [6, 6.07) is 2.12. The van der Waals surface area contributed by atoms with Crippen LogP contribution in [0.5, 0.6) is 0 Å². The number of thiophene rings is 1. The lowest BCUT2D eigenvalue weighted by Crippen LogP contribution is -2.21. The van der Waals surface area contributed by atoms with E-state index in [9.17, 15) is 4.79 Å². The summed E-state index contributed by atoms with van der Waals surface area (Å²) in [4.78, 5) is 19.6. The third kappa shape index (κ3) is 3.65. The molecule has 2 aromatic heterocycles. The van der Waals surface area contributed by atoms with Crippen LogP contribution in [-0.4, -0.2) is 15.9 Å². The van der Waals surface area contributed by atoms with Crippen LogP contribution in [0.4, 0.5) is 5.69 Å². The van der Waals surface area contributed by atoms with Gasteiger partial charge in [0.25, 0.3) is 0 Å². The van der Waals surface area contributed by atoms with Gasteiger partial charge in [-0.05, 0) is 17.9 Å². The summed E-state index contributed by atoms with van der Waals surface area (Å²) in [6.45, 7) is 4.35. The molecule has 5 nitrogen and oxygen atoms in total. The van der Waals surface area contributed by atoms with Crippen LogP contribution in [0.3, 0.4) is 0 Å². The van der Waals surface area contributed by atoms with Crippen LogP contribution in [0.25, 0.3) is 0 Å². The number of aromatic amines is 1. The van der Waals surface area contributed by atoms with Crippen molar-refractivity contribution in [2.45, 2.75) is 32.9 Å². The average molecular weight is 278 g/mol. The van der Waals surface area contributed by atoms with Gasteiger partial charge in [0, 0.05) is 30.7 Å². The second kappa shape index (κ2) is 6.49. The van der Waals surface area contributed by atoms with Crippen molar-refractivity contribution in [1.29, 1.82) is 0 Å². The van der Waals surface area contributed by atoms with E-state index >= 15 is 0 Å². The van der Waals surface area contributed by atoms with Gasteiger partial charge in [0.05, 0.1) is 11.7 Å². The number of rotatable bonds is 6. The van der Waals surface area contributed by atoms with Crippen molar-refractivity contribution < 1.29 is 4.79 Å². The van der Waals surface area contributed by atoms with Crippen molar-refractivity contribution in [1.82, 2.24) is 15.3 Å². The van der Waals surface area contributed by atoms with Crippen molar-refractivity contribution in [2.24, 2.45) is 0 Å². The van der Waals surface area contributed by atoms with Crippen molar-refractivity contribution in [3.63, 3.8) is 0 Å². The number of hydrogen-bond acceptors (Lipinski definition) is 4. The molecule has 0 bridgehead atoms. The van der Waals surface area contributed by atoms with Crippen LogP contribution in [0.1, 0.15) is 37.0 Å². The molecular weight excluding hydrogens is 260 g/mol. The molecule has 2 heterocycles. The van der Waals surface area contributed by atoms with Crippen LogP contribution >= 0.6 is 11.3 Å². The maximum atomic E-state index is 11.1. The Bertz CT molecular complexity index is 520. The first-order valence-corrected chi connectivity index (χ1v) is 7.15. The Hall–Kier alpha value is -1.66. The van der Waals surface area contributed by atoms with Crippen molar-refractivity contribution in [3.8, 4) is 0 Å². The molecular formula is C13H18N4OS. The first kappa shape index (κ1) is 13.8. The molecule has 1 amide bonds. The van der Waals surface area contributed by atoms with Gasteiger partial charge >= 0.3 is 0 Å². The first-order chi connectivity index (χ1) is 9.20. The van der Waals surface area contributed by atoms with Crippen molar-refractivity contribution in [2.75, 3.05) is 5.32 Å². The number of nitrogens with one attached hydrogen (secondary N) is 3.